The van der Waals surface area contributed by atoms with Crippen LogP contribution in [0.2, 0.25) is 0 Å². The summed E-state index contributed by atoms with van der Waals surface area (Å²) in [4.78, 5) is 2.50. The Morgan fingerprint density at radius 2 is 2.06 bits per heavy atom. The third-order valence-electron chi connectivity index (χ3n) is 3.98. The summed E-state index contributed by atoms with van der Waals surface area (Å²) in [6, 6.07) is 5.89. The van der Waals surface area contributed by atoms with Crippen molar-refractivity contribution in [2.24, 2.45) is 5.92 Å². The molecule has 1 aromatic rings. The number of ether oxygens (including phenoxy) is 1. The number of benzene rings is 1. The third-order valence-corrected chi connectivity index (χ3v) is 3.98. The van der Waals surface area contributed by atoms with Gasteiger partial charge in [0.1, 0.15) is 5.75 Å². The van der Waals surface area contributed by atoms with Crippen molar-refractivity contribution >= 4 is 5.69 Å². The number of nitrogens with zero attached hydrogens (tertiary/aromatic N) is 1. The minimum atomic E-state index is 0.814. The molecule has 0 amide bonds. The number of hydrogen-bond acceptors (Lipinski definition) is 3. The fourth-order valence-electron chi connectivity index (χ4n) is 2.72. The molecule has 100 valence electrons. The van der Waals surface area contributed by atoms with Crippen LogP contribution in [0.1, 0.15) is 31.7 Å². The predicted octanol–water partition coefficient (Wildman–Crippen LogP) is 2.90. The smallest absolute Gasteiger partial charge is 0.123 e. The molecule has 1 saturated heterocycles. The molecule has 0 saturated carbocycles. The maximum atomic E-state index is 5.86. The van der Waals surface area contributed by atoms with Crippen molar-refractivity contribution in [2.45, 2.75) is 32.7 Å². The van der Waals surface area contributed by atoms with Crippen molar-refractivity contribution in [3.05, 3.63) is 23.8 Å². The summed E-state index contributed by atoms with van der Waals surface area (Å²) in [5.74, 6) is 1.87. The van der Waals surface area contributed by atoms with Gasteiger partial charge >= 0.3 is 0 Å². The molecule has 0 spiro atoms. The molecular formula is C15H24N2O. The van der Waals surface area contributed by atoms with Gasteiger partial charge in [-0.15, -0.1) is 0 Å². The van der Waals surface area contributed by atoms with E-state index in [4.69, 9.17) is 10.5 Å². The van der Waals surface area contributed by atoms with Crippen LogP contribution < -0.4 is 10.5 Å². The summed E-state index contributed by atoms with van der Waals surface area (Å²) < 4.78 is 5.40. The molecule has 1 aliphatic heterocycles. The lowest BCUT2D eigenvalue weighted by Gasteiger charge is -2.31. The number of rotatable bonds is 4. The second kappa shape index (κ2) is 6.10. The van der Waals surface area contributed by atoms with E-state index >= 15 is 0 Å². The van der Waals surface area contributed by atoms with E-state index in [0.717, 1.165) is 23.9 Å². The topological polar surface area (TPSA) is 38.5 Å². The van der Waals surface area contributed by atoms with Crippen molar-refractivity contribution < 1.29 is 4.74 Å². The molecule has 2 N–H and O–H groups in total. The lowest BCUT2D eigenvalue weighted by molar-refractivity contribution is 0.173. The second-order valence-electron chi connectivity index (χ2n) is 5.20. The monoisotopic (exact) mass is 248 g/mol. The molecule has 1 fully saturated rings. The highest BCUT2D eigenvalue weighted by molar-refractivity contribution is 5.47. The molecule has 0 aromatic heterocycles. The van der Waals surface area contributed by atoms with E-state index in [-0.39, 0.29) is 0 Å². The summed E-state index contributed by atoms with van der Waals surface area (Å²) in [7, 11) is 1.72. The number of nitrogen functional groups attached to an aromatic ring is 1. The molecular weight excluding hydrogens is 224 g/mol. The number of nitrogens with two attached hydrogens (primary N) is 1. The molecule has 1 aliphatic rings. The lowest BCUT2D eigenvalue weighted by Crippen LogP contribution is -2.33. The minimum absolute atomic E-state index is 0.814. The average Bonchev–Trinajstić information content (AvgIpc) is 2.40. The Morgan fingerprint density at radius 1 is 1.33 bits per heavy atom. The van der Waals surface area contributed by atoms with Crippen LogP contribution in [0.15, 0.2) is 18.2 Å². The molecule has 0 radical (unpaired) electrons. The first-order chi connectivity index (χ1) is 8.72. The Labute approximate surface area is 110 Å². The zero-order valence-electron chi connectivity index (χ0n) is 11.5. The van der Waals surface area contributed by atoms with Crippen LogP contribution in [0, 0.1) is 5.92 Å². The molecule has 18 heavy (non-hydrogen) atoms. The number of anilines is 1. The average molecular weight is 248 g/mol. The largest absolute Gasteiger partial charge is 0.496 e. The molecule has 0 atom stereocenters. The van der Waals surface area contributed by atoms with Crippen molar-refractivity contribution in [3.8, 4) is 5.75 Å². The zero-order chi connectivity index (χ0) is 13.0. The van der Waals surface area contributed by atoms with E-state index in [1.807, 2.05) is 18.2 Å². The van der Waals surface area contributed by atoms with E-state index in [1.165, 1.54) is 37.9 Å². The Kier molecular flexibility index (Phi) is 4.48. The van der Waals surface area contributed by atoms with Crippen LogP contribution >= 0.6 is 0 Å². The van der Waals surface area contributed by atoms with Gasteiger partial charge in [0.2, 0.25) is 0 Å². The maximum absolute atomic E-state index is 5.86. The second-order valence-corrected chi connectivity index (χ2v) is 5.20. The summed E-state index contributed by atoms with van der Waals surface area (Å²) in [6.07, 6.45) is 3.96. The highest BCUT2D eigenvalue weighted by Gasteiger charge is 2.18. The molecule has 1 aromatic carbocycles. The first-order valence-electron chi connectivity index (χ1n) is 6.87. The Balaban J connectivity index is 1.99. The summed E-state index contributed by atoms with van der Waals surface area (Å²) >= 11 is 0. The fraction of sp³-hybridized carbons (Fsp3) is 0.600. The summed E-state index contributed by atoms with van der Waals surface area (Å²) in [5, 5.41) is 0. The van der Waals surface area contributed by atoms with Gasteiger partial charge in [0.25, 0.3) is 0 Å². The van der Waals surface area contributed by atoms with Gasteiger partial charge in [-0.1, -0.05) is 13.3 Å². The van der Waals surface area contributed by atoms with Gasteiger partial charge < -0.3 is 10.5 Å². The number of piperidine rings is 1. The van der Waals surface area contributed by atoms with Crippen molar-refractivity contribution in [3.63, 3.8) is 0 Å². The Hall–Kier alpha value is -1.22. The first kappa shape index (κ1) is 13.2. The highest BCUT2D eigenvalue weighted by Crippen LogP contribution is 2.26. The molecule has 2 rings (SSSR count). The first-order valence-corrected chi connectivity index (χ1v) is 6.87. The van der Waals surface area contributed by atoms with Crippen LogP contribution in [-0.2, 0) is 6.54 Å². The number of methoxy groups -OCH3 is 1. The van der Waals surface area contributed by atoms with Crippen LogP contribution in [0.3, 0.4) is 0 Å². The van der Waals surface area contributed by atoms with Crippen LogP contribution in [0.25, 0.3) is 0 Å². The SMILES string of the molecule is CCC1CCN(Cc2cc(N)ccc2OC)CC1. The van der Waals surface area contributed by atoms with E-state index in [1.54, 1.807) is 7.11 Å². The minimum Gasteiger partial charge on any atom is -0.496 e. The molecule has 0 bridgehead atoms. The Bertz CT molecular complexity index is 384. The van der Waals surface area contributed by atoms with E-state index in [2.05, 4.69) is 11.8 Å². The van der Waals surface area contributed by atoms with Gasteiger partial charge in [0.05, 0.1) is 7.11 Å². The number of likely N-dealkylation sites (tertiary alicyclic amines) is 1. The van der Waals surface area contributed by atoms with Gasteiger partial charge in [-0.05, 0) is 50.0 Å². The lowest BCUT2D eigenvalue weighted by atomic mass is 9.94. The van der Waals surface area contributed by atoms with Crippen LogP contribution in [0.4, 0.5) is 5.69 Å². The van der Waals surface area contributed by atoms with E-state index < -0.39 is 0 Å². The van der Waals surface area contributed by atoms with Gasteiger partial charge in [-0.2, -0.15) is 0 Å². The number of hydrogen-bond donors (Lipinski definition) is 1. The van der Waals surface area contributed by atoms with Gasteiger partial charge in [0, 0.05) is 17.8 Å². The van der Waals surface area contributed by atoms with Crippen molar-refractivity contribution in [1.29, 1.82) is 0 Å². The van der Waals surface area contributed by atoms with Gasteiger partial charge in [-0.3, -0.25) is 4.90 Å². The molecule has 3 heteroatoms. The van der Waals surface area contributed by atoms with Crippen LogP contribution in [0.5, 0.6) is 5.75 Å². The molecule has 0 unspecified atom stereocenters. The van der Waals surface area contributed by atoms with Crippen LogP contribution in [-0.4, -0.2) is 25.1 Å². The quantitative estimate of drug-likeness (QED) is 0.833. The summed E-state index contributed by atoms with van der Waals surface area (Å²) in [6.45, 7) is 5.62. The van der Waals surface area contributed by atoms with Crippen molar-refractivity contribution in [2.75, 3.05) is 25.9 Å². The normalized spacial score (nSPS) is 17.9. The predicted molar refractivity (Wildman–Crippen MR) is 75.7 cm³/mol. The Morgan fingerprint density at radius 3 is 2.67 bits per heavy atom. The summed E-state index contributed by atoms with van der Waals surface area (Å²) in [5.41, 5.74) is 7.87. The van der Waals surface area contributed by atoms with Gasteiger partial charge in [0.15, 0.2) is 0 Å². The molecule has 0 aliphatic carbocycles. The maximum Gasteiger partial charge on any atom is 0.123 e. The highest BCUT2D eigenvalue weighted by atomic mass is 16.5. The van der Waals surface area contributed by atoms with E-state index in [0.29, 0.717) is 0 Å². The third kappa shape index (κ3) is 3.16. The molecule has 3 nitrogen and oxygen atoms in total. The zero-order valence-corrected chi connectivity index (χ0v) is 11.5. The fourth-order valence-corrected chi connectivity index (χ4v) is 2.72. The van der Waals surface area contributed by atoms with Crippen molar-refractivity contribution in [1.82, 2.24) is 4.90 Å². The van der Waals surface area contributed by atoms with Gasteiger partial charge in [-0.25, -0.2) is 0 Å². The molecule has 1 heterocycles. The van der Waals surface area contributed by atoms with E-state index in [9.17, 15) is 0 Å². The standard InChI is InChI=1S/C15H24N2O/c1-3-12-6-8-17(9-7-12)11-13-10-14(16)4-5-15(13)18-2/h4-5,10,12H,3,6-9,11,16H2,1-2H3.